The number of rotatable bonds is 7. The van der Waals surface area contributed by atoms with Crippen molar-refractivity contribution in [2.45, 2.75) is 31.7 Å². The molecule has 3 aromatic rings. The first-order valence-corrected chi connectivity index (χ1v) is 11.6. The number of likely N-dealkylation sites (tertiary alicyclic amines) is 1. The largest absolute Gasteiger partial charge is 0.398 e. The molecule has 1 atom stereocenters. The second kappa shape index (κ2) is 10.9. The minimum atomic E-state index is -0.117. The lowest BCUT2D eigenvalue weighted by Crippen LogP contribution is -2.43. The van der Waals surface area contributed by atoms with Crippen molar-refractivity contribution in [3.8, 4) is 0 Å². The first-order chi connectivity index (χ1) is 16.1. The molecule has 1 aromatic heterocycles. The minimum Gasteiger partial charge on any atom is -0.398 e. The lowest BCUT2D eigenvalue weighted by atomic mass is 9.99. The number of nitrogens with two attached hydrogens (primary N) is 1. The standard InChI is InChI=1S/C27H31N5O/c28-25-10-9-22(18-24(25)26(29)21-11-14-30-15-12-21)27(33)31-23-8-4-5-16-32(19-23)17-13-20-6-2-1-3-7-20/h1-3,6-7,9-12,14-15,18,23,29H,4-5,8,13,16-17,19,28H2,(H,31,33). The molecule has 1 aliphatic heterocycles. The van der Waals surface area contributed by atoms with Crippen LogP contribution in [0.5, 0.6) is 0 Å². The zero-order valence-corrected chi connectivity index (χ0v) is 18.8. The molecule has 1 aliphatic rings. The van der Waals surface area contributed by atoms with Crippen LogP contribution in [0.3, 0.4) is 0 Å². The Morgan fingerprint density at radius 3 is 2.64 bits per heavy atom. The Kier molecular flexibility index (Phi) is 7.47. The van der Waals surface area contributed by atoms with E-state index in [0.717, 1.165) is 45.3 Å². The van der Waals surface area contributed by atoms with Crippen LogP contribution < -0.4 is 11.1 Å². The van der Waals surface area contributed by atoms with Gasteiger partial charge in [-0.25, -0.2) is 0 Å². The number of hydrogen-bond donors (Lipinski definition) is 3. The molecule has 2 aromatic carbocycles. The summed E-state index contributed by atoms with van der Waals surface area (Å²) in [6.45, 7) is 2.91. The number of carbonyl (C=O) groups is 1. The van der Waals surface area contributed by atoms with Crippen molar-refractivity contribution in [1.82, 2.24) is 15.2 Å². The molecule has 0 spiro atoms. The van der Waals surface area contributed by atoms with Gasteiger partial charge in [-0.1, -0.05) is 36.8 Å². The molecule has 4 rings (SSSR count). The first kappa shape index (κ1) is 22.7. The zero-order chi connectivity index (χ0) is 23.0. The van der Waals surface area contributed by atoms with E-state index in [9.17, 15) is 4.79 Å². The molecule has 6 heteroatoms. The molecule has 1 saturated heterocycles. The highest BCUT2D eigenvalue weighted by atomic mass is 16.1. The average molecular weight is 442 g/mol. The Balaban J connectivity index is 1.41. The highest BCUT2D eigenvalue weighted by Crippen LogP contribution is 2.19. The quantitative estimate of drug-likeness (QED) is 0.383. The molecular weight excluding hydrogens is 410 g/mol. The van der Waals surface area contributed by atoms with Gasteiger partial charge in [0.2, 0.25) is 0 Å². The van der Waals surface area contributed by atoms with Gasteiger partial charge in [-0.05, 0) is 61.7 Å². The van der Waals surface area contributed by atoms with Crippen molar-refractivity contribution in [1.29, 1.82) is 5.41 Å². The van der Waals surface area contributed by atoms with Crippen molar-refractivity contribution < 1.29 is 4.79 Å². The third-order valence-corrected chi connectivity index (χ3v) is 6.20. The summed E-state index contributed by atoms with van der Waals surface area (Å²) in [6, 6.07) is 19.3. The number of amides is 1. The van der Waals surface area contributed by atoms with Crippen LogP contribution in [0.25, 0.3) is 0 Å². The lowest BCUT2D eigenvalue weighted by molar-refractivity contribution is 0.0926. The second-order valence-corrected chi connectivity index (χ2v) is 8.62. The third kappa shape index (κ3) is 6.05. The summed E-state index contributed by atoms with van der Waals surface area (Å²) < 4.78 is 0. The van der Waals surface area contributed by atoms with Crippen molar-refractivity contribution in [3.05, 3.63) is 95.3 Å². The first-order valence-electron chi connectivity index (χ1n) is 11.6. The normalized spacial score (nSPS) is 16.7. The molecule has 33 heavy (non-hydrogen) atoms. The summed E-state index contributed by atoms with van der Waals surface area (Å²) in [7, 11) is 0. The van der Waals surface area contributed by atoms with Gasteiger partial charge in [0.05, 0.1) is 5.71 Å². The molecule has 0 radical (unpaired) electrons. The van der Waals surface area contributed by atoms with Gasteiger partial charge in [0, 0.05) is 53.9 Å². The fourth-order valence-electron chi connectivity index (χ4n) is 4.33. The Morgan fingerprint density at radius 1 is 1.06 bits per heavy atom. The maximum atomic E-state index is 13.1. The summed E-state index contributed by atoms with van der Waals surface area (Å²) in [5.74, 6) is -0.117. The summed E-state index contributed by atoms with van der Waals surface area (Å²) in [5.41, 5.74) is 10.0. The maximum absolute atomic E-state index is 13.1. The fraction of sp³-hybridized carbons (Fsp3) is 0.296. The van der Waals surface area contributed by atoms with E-state index in [-0.39, 0.29) is 17.7 Å². The van der Waals surface area contributed by atoms with E-state index in [1.165, 1.54) is 5.56 Å². The number of hydrogen-bond acceptors (Lipinski definition) is 5. The van der Waals surface area contributed by atoms with Crippen molar-refractivity contribution in [2.75, 3.05) is 25.4 Å². The smallest absolute Gasteiger partial charge is 0.251 e. The molecule has 4 N–H and O–H groups in total. The van der Waals surface area contributed by atoms with Gasteiger partial charge in [0.15, 0.2) is 0 Å². The number of nitrogens with zero attached hydrogens (tertiary/aromatic N) is 2. The predicted octanol–water partition coefficient (Wildman–Crippen LogP) is 3.91. The van der Waals surface area contributed by atoms with Gasteiger partial charge in [-0.3, -0.25) is 15.2 Å². The number of nitrogen functional groups attached to an aromatic ring is 1. The van der Waals surface area contributed by atoms with Crippen LogP contribution in [0.4, 0.5) is 5.69 Å². The molecule has 0 aliphatic carbocycles. The molecule has 1 unspecified atom stereocenters. The Bertz CT molecular complexity index is 1080. The highest BCUT2D eigenvalue weighted by Gasteiger charge is 2.21. The number of anilines is 1. The number of aromatic nitrogens is 1. The summed E-state index contributed by atoms with van der Waals surface area (Å²) >= 11 is 0. The SMILES string of the molecule is N=C(c1ccncc1)c1cc(C(=O)NC2CCCCN(CCc3ccccc3)C2)ccc1N. The number of pyridine rings is 1. The molecule has 0 bridgehead atoms. The monoisotopic (exact) mass is 441 g/mol. The van der Waals surface area contributed by atoms with Gasteiger partial charge in [0.1, 0.15) is 0 Å². The van der Waals surface area contributed by atoms with Crippen LogP contribution >= 0.6 is 0 Å². The molecular formula is C27H31N5O. The van der Waals surface area contributed by atoms with Crippen LogP contribution in [0, 0.1) is 5.41 Å². The average Bonchev–Trinajstić information content (AvgIpc) is 3.08. The zero-order valence-electron chi connectivity index (χ0n) is 18.8. The van der Waals surface area contributed by atoms with Crippen molar-refractivity contribution >= 4 is 17.3 Å². The van der Waals surface area contributed by atoms with Gasteiger partial charge >= 0.3 is 0 Å². The van der Waals surface area contributed by atoms with Gasteiger partial charge < -0.3 is 16.0 Å². The third-order valence-electron chi connectivity index (χ3n) is 6.20. The Hall–Kier alpha value is -3.51. The second-order valence-electron chi connectivity index (χ2n) is 8.62. The van der Waals surface area contributed by atoms with E-state index in [4.69, 9.17) is 11.1 Å². The summed E-state index contributed by atoms with van der Waals surface area (Å²) in [4.78, 5) is 19.5. The van der Waals surface area contributed by atoms with Crippen LogP contribution in [-0.2, 0) is 6.42 Å². The van der Waals surface area contributed by atoms with Crippen LogP contribution in [0.2, 0.25) is 0 Å². The topological polar surface area (TPSA) is 95.1 Å². The number of benzene rings is 2. The molecule has 1 amide bonds. The lowest BCUT2D eigenvalue weighted by Gasteiger charge is -2.25. The van der Waals surface area contributed by atoms with Crippen LogP contribution in [-0.4, -0.2) is 47.2 Å². The summed E-state index contributed by atoms with van der Waals surface area (Å²) in [5, 5.41) is 11.8. The minimum absolute atomic E-state index is 0.108. The molecule has 6 nitrogen and oxygen atoms in total. The van der Waals surface area contributed by atoms with Crippen molar-refractivity contribution in [2.24, 2.45) is 0 Å². The van der Waals surface area contributed by atoms with E-state index in [2.05, 4.69) is 39.5 Å². The fourth-order valence-corrected chi connectivity index (χ4v) is 4.33. The van der Waals surface area contributed by atoms with Gasteiger partial charge in [-0.2, -0.15) is 0 Å². The number of carbonyl (C=O) groups excluding carboxylic acids is 1. The molecule has 1 fully saturated rings. The Morgan fingerprint density at radius 2 is 1.85 bits per heavy atom. The molecule has 0 saturated carbocycles. The van der Waals surface area contributed by atoms with Gasteiger partial charge in [-0.15, -0.1) is 0 Å². The Labute approximate surface area is 195 Å². The summed E-state index contributed by atoms with van der Waals surface area (Å²) in [6.07, 6.45) is 7.53. The molecule has 2 heterocycles. The van der Waals surface area contributed by atoms with E-state index < -0.39 is 0 Å². The van der Waals surface area contributed by atoms with Crippen LogP contribution in [0.15, 0.2) is 73.1 Å². The van der Waals surface area contributed by atoms with E-state index in [0.29, 0.717) is 22.4 Å². The van der Waals surface area contributed by atoms with E-state index >= 15 is 0 Å². The highest BCUT2D eigenvalue weighted by molar-refractivity contribution is 6.14. The van der Waals surface area contributed by atoms with Crippen molar-refractivity contribution in [3.63, 3.8) is 0 Å². The van der Waals surface area contributed by atoms with E-state index in [1.54, 1.807) is 42.7 Å². The van der Waals surface area contributed by atoms with Crippen LogP contribution in [0.1, 0.15) is 46.3 Å². The number of nitrogens with one attached hydrogen (secondary N) is 2. The van der Waals surface area contributed by atoms with E-state index in [1.807, 2.05) is 6.07 Å². The van der Waals surface area contributed by atoms with Gasteiger partial charge in [0.25, 0.3) is 5.91 Å². The maximum Gasteiger partial charge on any atom is 0.251 e. The predicted molar refractivity (Wildman–Crippen MR) is 133 cm³/mol. The molecule has 170 valence electrons.